The van der Waals surface area contributed by atoms with Crippen molar-refractivity contribution in [2.24, 2.45) is 0 Å². The summed E-state index contributed by atoms with van der Waals surface area (Å²) in [6, 6.07) is 22.3. The Balaban J connectivity index is 1.54. The van der Waals surface area contributed by atoms with E-state index >= 15 is 0 Å². The normalized spacial score (nSPS) is 10.1. The molecule has 0 saturated heterocycles. The van der Waals surface area contributed by atoms with Crippen molar-refractivity contribution in [1.82, 2.24) is 0 Å². The van der Waals surface area contributed by atoms with E-state index in [1.54, 1.807) is 36.4 Å². The molecule has 0 bridgehead atoms. The lowest BCUT2D eigenvalue weighted by Crippen LogP contribution is -2.15. The van der Waals surface area contributed by atoms with E-state index in [0.717, 1.165) is 0 Å². The first-order valence-corrected chi connectivity index (χ1v) is 8.68. The van der Waals surface area contributed by atoms with Crippen molar-refractivity contribution in [3.8, 4) is 11.5 Å². The SMILES string of the molecule is O=C(O)c1ccc(OCCOc2ccccc2C(=O)Nc2ccccc2)cc1. The Morgan fingerprint density at radius 3 is 2.14 bits per heavy atom. The molecule has 0 spiro atoms. The maximum absolute atomic E-state index is 12.5. The van der Waals surface area contributed by atoms with E-state index in [0.29, 0.717) is 22.7 Å². The summed E-state index contributed by atoms with van der Waals surface area (Å²) in [5.41, 5.74) is 1.33. The zero-order valence-electron chi connectivity index (χ0n) is 15.0. The molecule has 0 fully saturated rings. The zero-order valence-corrected chi connectivity index (χ0v) is 15.0. The van der Waals surface area contributed by atoms with Gasteiger partial charge >= 0.3 is 5.97 Å². The van der Waals surface area contributed by atoms with Crippen LogP contribution in [0.3, 0.4) is 0 Å². The molecule has 2 N–H and O–H groups in total. The summed E-state index contributed by atoms with van der Waals surface area (Å²) in [6.45, 7) is 0.484. The Bertz CT molecular complexity index is 939. The summed E-state index contributed by atoms with van der Waals surface area (Å²) in [6.07, 6.45) is 0. The van der Waals surface area contributed by atoms with Gasteiger partial charge in [-0.15, -0.1) is 0 Å². The number of ether oxygens (including phenoxy) is 2. The molecule has 6 heteroatoms. The summed E-state index contributed by atoms with van der Waals surface area (Å²) in [4.78, 5) is 23.3. The lowest BCUT2D eigenvalue weighted by Gasteiger charge is -2.12. The number of aromatic carboxylic acids is 1. The van der Waals surface area contributed by atoms with Crippen LogP contribution in [0.25, 0.3) is 0 Å². The molecule has 28 heavy (non-hydrogen) atoms. The molecule has 0 radical (unpaired) electrons. The Morgan fingerprint density at radius 2 is 1.43 bits per heavy atom. The number of benzene rings is 3. The number of anilines is 1. The zero-order chi connectivity index (χ0) is 19.8. The molecule has 0 aliphatic heterocycles. The number of nitrogens with one attached hydrogen (secondary N) is 1. The second kappa shape index (κ2) is 9.23. The first-order valence-electron chi connectivity index (χ1n) is 8.68. The minimum Gasteiger partial charge on any atom is -0.490 e. The monoisotopic (exact) mass is 377 g/mol. The molecule has 0 aliphatic carbocycles. The minimum absolute atomic E-state index is 0.196. The standard InChI is InChI=1S/C22H19NO5/c24-21(23-17-6-2-1-3-7-17)19-8-4-5-9-20(19)28-15-14-27-18-12-10-16(11-13-18)22(25)26/h1-13H,14-15H2,(H,23,24)(H,25,26). The number of para-hydroxylation sites is 2. The van der Waals surface area contributed by atoms with Crippen molar-refractivity contribution in [2.75, 3.05) is 18.5 Å². The van der Waals surface area contributed by atoms with Gasteiger partial charge in [-0.05, 0) is 48.5 Å². The van der Waals surface area contributed by atoms with Gasteiger partial charge in [-0.2, -0.15) is 0 Å². The summed E-state index contributed by atoms with van der Waals surface area (Å²) < 4.78 is 11.2. The second-order valence-corrected chi connectivity index (χ2v) is 5.84. The van der Waals surface area contributed by atoms with E-state index in [2.05, 4.69) is 5.32 Å². The third kappa shape index (κ3) is 5.11. The van der Waals surface area contributed by atoms with Crippen LogP contribution in [-0.4, -0.2) is 30.2 Å². The van der Waals surface area contributed by atoms with Crippen molar-refractivity contribution in [3.05, 3.63) is 90.0 Å². The molecular weight excluding hydrogens is 358 g/mol. The number of hydrogen-bond acceptors (Lipinski definition) is 4. The van der Waals surface area contributed by atoms with Crippen LogP contribution in [-0.2, 0) is 0 Å². The fourth-order valence-corrected chi connectivity index (χ4v) is 2.50. The van der Waals surface area contributed by atoms with E-state index in [1.165, 1.54) is 12.1 Å². The summed E-state index contributed by atoms with van der Waals surface area (Å²) >= 11 is 0. The molecule has 3 aromatic carbocycles. The molecule has 6 nitrogen and oxygen atoms in total. The Labute approximate surface area is 162 Å². The van der Waals surface area contributed by atoms with E-state index in [4.69, 9.17) is 14.6 Å². The predicted molar refractivity (Wildman–Crippen MR) is 105 cm³/mol. The molecule has 0 unspecified atom stereocenters. The first-order chi connectivity index (χ1) is 13.6. The average molecular weight is 377 g/mol. The van der Waals surface area contributed by atoms with Crippen molar-refractivity contribution >= 4 is 17.6 Å². The number of carboxylic acid groups (broad SMARTS) is 1. The molecule has 142 valence electrons. The van der Waals surface area contributed by atoms with Gasteiger partial charge in [-0.1, -0.05) is 30.3 Å². The van der Waals surface area contributed by atoms with Gasteiger partial charge in [0.25, 0.3) is 5.91 Å². The fourth-order valence-electron chi connectivity index (χ4n) is 2.50. The van der Waals surface area contributed by atoms with Crippen molar-refractivity contribution in [3.63, 3.8) is 0 Å². The van der Waals surface area contributed by atoms with Gasteiger partial charge in [-0.3, -0.25) is 4.79 Å². The second-order valence-electron chi connectivity index (χ2n) is 5.84. The van der Waals surface area contributed by atoms with Crippen LogP contribution in [0.4, 0.5) is 5.69 Å². The Hall–Kier alpha value is -3.80. The van der Waals surface area contributed by atoms with Gasteiger partial charge in [0, 0.05) is 5.69 Å². The summed E-state index contributed by atoms with van der Waals surface area (Å²) in [5, 5.41) is 11.7. The van der Waals surface area contributed by atoms with Gasteiger partial charge in [-0.25, -0.2) is 4.79 Å². The van der Waals surface area contributed by atoms with E-state index in [-0.39, 0.29) is 24.7 Å². The van der Waals surface area contributed by atoms with Crippen molar-refractivity contribution in [2.45, 2.75) is 0 Å². The Morgan fingerprint density at radius 1 is 0.786 bits per heavy atom. The maximum atomic E-state index is 12.5. The average Bonchev–Trinajstić information content (AvgIpc) is 2.72. The quantitative estimate of drug-likeness (QED) is 0.578. The number of carboxylic acids is 1. The molecule has 0 aliphatic rings. The van der Waals surface area contributed by atoms with Gasteiger partial charge in [0.05, 0.1) is 11.1 Å². The molecule has 0 saturated carbocycles. The van der Waals surface area contributed by atoms with Gasteiger partial charge in [0.2, 0.25) is 0 Å². The number of carbonyl (C=O) groups is 2. The third-order valence-corrected chi connectivity index (χ3v) is 3.87. The van der Waals surface area contributed by atoms with Crippen LogP contribution in [0.1, 0.15) is 20.7 Å². The van der Waals surface area contributed by atoms with Crippen molar-refractivity contribution < 1.29 is 24.2 Å². The first kappa shape index (κ1) is 19.0. The highest BCUT2D eigenvalue weighted by molar-refractivity contribution is 6.06. The molecular formula is C22H19NO5. The number of amides is 1. The molecule has 1 amide bonds. The number of carbonyl (C=O) groups excluding carboxylic acids is 1. The number of hydrogen-bond donors (Lipinski definition) is 2. The van der Waals surface area contributed by atoms with Crippen LogP contribution >= 0.6 is 0 Å². The van der Waals surface area contributed by atoms with Crippen LogP contribution in [0.5, 0.6) is 11.5 Å². The minimum atomic E-state index is -0.986. The maximum Gasteiger partial charge on any atom is 0.335 e. The highest BCUT2D eigenvalue weighted by Crippen LogP contribution is 2.20. The Kier molecular flexibility index (Phi) is 6.25. The van der Waals surface area contributed by atoms with Crippen molar-refractivity contribution in [1.29, 1.82) is 0 Å². The lowest BCUT2D eigenvalue weighted by atomic mass is 10.2. The summed E-state index contributed by atoms with van der Waals surface area (Å²) in [5.74, 6) is -0.239. The summed E-state index contributed by atoms with van der Waals surface area (Å²) in [7, 11) is 0. The number of rotatable bonds is 8. The van der Waals surface area contributed by atoms with E-state index < -0.39 is 5.97 Å². The third-order valence-electron chi connectivity index (χ3n) is 3.87. The predicted octanol–water partition coefficient (Wildman–Crippen LogP) is 4.09. The highest BCUT2D eigenvalue weighted by atomic mass is 16.5. The topological polar surface area (TPSA) is 84.9 Å². The highest BCUT2D eigenvalue weighted by Gasteiger charge is 2.12. The molecule has 3 aromatic rings. The van der Waals surface area contributed by atoms with Crippen LogP contribution < -0.4 is 14.8 Å². The molecule has 3 rings (SSSR count). The van der Waals surface area contributed by atoms with Gasteiger partial charge in [0.1, 0.15) is 24.7 Å². The molecule has 0 atom stereocenters. The van der Waals surface area contributed by atoms with Crippen LogP contribution in [0.2, 0.25) is 0 Å². The largest absolute Gasteiger partial charge is 0.490 e. The van der Waals surface area contributed by atoms with Gasteiger partial charge in [0.15, 0.2) is 0 Å². The lowest BCUT2D eigenvalue weighted by molar-refractivity contribution is 0.0696. The van der Waals surface area contributed by atoms with E-state index in [1.807, 2.05) is 30.3 Å². The van der Waals surface area contributed by atoms with Crippen LogP contribution in [0, 0.1) is 0 Å². The smallest absolute Gasteiger partial charge is 0.335 e. The molecule has 0 aromatic heterocycles. The van der Waals surface area contributed by atoms with E-state index in [9.17, 15) is 9.59 Å². The molecule has 0 heterocycles. The van der Waals surface area contributed by atoms with Gasteiger partial charge < -0.3 is 19.9 Å². The fraction of sp³-hybridized carbons (Fsp3) is 0.0909. The van der Waals surface area contributed by atoms with Crippen LogP contribution in [0.15, 0.2) is 78.9 Å².